The summed E-state index contributed by atoms with van der Waals surface area (Å²) in [5.74, 6) is 0.125. The molecule has 1 heterocycles. The number of benzene rings is 1. The van der Waals surface area contributed by atoms with E-state index in [0.29, 0.717) is 6.54 Å². The molecule has 0 aromatic heterocycles. The second-order valence-electron chi connectivity index (χ2n) is 5.64. The van der Waals surface area contributed by atoms with E-state index in [1.807, 2.05) is 0 Å². The number of hydrogen-bond acceptors (Lipinski definition) is 3. The van der Waals surface area contributed by atoms with Crippen LogP contribution < -0.4 is 10.6 Å². The molecule has 0 saturated carbocycles. The molecule has 0 spiro atoms. The summed E-state index contributed by atoms with van der Waals surface area (Å²) >= 11 is 0. The van der Waals surface area contributed by atoms with E-state index in [1.165, 1.54) is 5.56 Å². The summed E-state index contributed by atoms with van der Waals surface area (Å²) in [7, 11) is 0. The van der Waals surface area contributed by atoms with Gasteiger partial charge in [0.1, 0.15) is 0 Å². The molecular formula is C17H27N3O. The van der Waals surface area contributed by atoms with E-state index in [-0.39, 0.29) is 11.9 Å². The maximum absolute atomic E-state index is 11.9. The van der Waals surface area contributed by atoms with Gasteiger partial charge in [0.05, 0.1) is 6.04 Å². The molecule has 1 amide bonds. The lowest BCUT2D eigenvalue weighted by Crippen LogP contribution is -2.39. The fourth-order valence-corrected chi connectivity index (χ4v) is 2.69. The molecule has 1 saturated heterocycles. The van der Waals surface area contributed by atoms with E-state index in [4.69, 9.17) is 0 Å². The Balaban J connectivity index is 1.80. The maximum Gasteiger partial charge on any atom is 0.237 e. The Morgan fingerprint density at radius 1 is 1.24 bits per heavy atom. The predicted octanol–water partition coefficient (Wildman–Crippen LogP) is 1.90. The zero-order chi connectivity index (χ0) is 15.1. The average molecular weight is 289 g/mol. The summed E-state index contributed by atoms with van der Waals surface area (Å²) in [4.78, 5) is 14.3. The zero-order valence-electron chi connectivity index (χ0n) is 13.2. The highest BCUT2D eigenvalue weighted by atomic mass is 16.2. The molecule has 2 N–H and O–H groups in total. The molecule has 21 heavy (non-hydrogen) atoms. The Labute approximate surface area is 127 Å². The van der Waals surface area contributed by atoms with E-state index in [2.05, 4.69) is 53.6 Å². The fourth-order valence-electron chi connectivity index (χ4n) is 2.69. The Morgan fingerprint density at radius 2 is 1.90 bits per heavy atom. The van der Waals surface area contributed by atoms with Gasteiger partial charge in [0, 0.05) is 13.1 Å². The molecule has 0 unspecified atom stereocenters. The van der Waals surface area contributed by atoms with Gasteiger partial charge in [-0.1, -0.05) is 38.1 Å². The van der Waals surface area contributed by atoms with Crippen molar-refractivity contribution in [1.82, 2.24) is 15.5 Å². The number of nitrogens with one attached hydrogen (secondary N) is 2. The molecule has 1 aliphatic rings. The van der Waals surface area contributed by atoms with Gasteiger partial charge in [-0.05, 0) is 43.6 Å². The largest absolute Gasteiger partial charge is 0.351 e. The van der Waals surface area contributed by atoms with Gasteiger partial charge in [0.2, 0.25) is 5.91 Å². The SMILES string of the molecule is CCN(CC)Cc1ccc(CNC(=O)[C@@H]2CCCN2)cc1. The van der Waals surface area contributed by atoms with Crippen LogP contribution in [-0.4, -0.2) is 36.5 Å². The van der Waals surface area contributed by atoms with Crippen LogP contribution in [-0.2, 0) is 17.9 Å². The molecule has 0 bridgehead atoms. The van der Waals surface area contributed by atoms with Gasteiger partial charge < -0.3 is 10.6 Å². The summed E-state index contributed by atoms with van der Waals surface area (Å²) in [6, 6.07) is 8.55. The first kappa shape index (κ1) is 16.0. The van der Waals surface area contributed by atoms with Crippen molar-refractivity contribution < 1.29 is 4.79 Å². The second-order valence-corrected chi connectivity index (χ2v) is 5.64. The molecule has 1 fully saturated rings. The van der Waals surface area contributed by atoms with Crippen molar-refractivity contribution in [2.45, 2.75) is 45.8 Å². The van der Waals surface area contributed by atoms with Crippen molar-refractivity contribution in [2.24, 2.45) is 0 Å². The predicted molar refractivity (Wildman–Crippen MR) is 85.9 cm³/mol. The maximum atomic E-state index is 11.9. The van der Waals surface area contributed by atoms with Crippen LogP contribution in [0.4, 0.5) is 0 Å². The molecule has 1 aromatic rings. The molecule has 1 aromatic carbocycles. The number of rotatable bonds is 7. The molecule has 116 valence electrons. The third-order valence-electron chi connectivity index (χ3n) is 4.17. The van der Waals surface area contributed by atoms with Gasteiger partial charge in [-0.2, -0.15) is 0 Å². The number of amides is 1. The monoisotopic (exact) mass is 289 g/mol. The lowest BCUT2D eigenvalue weighted by molar-refractivity contribution is -0.122. The quantitative estimate of drug-likeness (QED) is 0.806. The first-order chi connectivity index (χ1) is 10.2. The van der Waals surface area contributed by atoms with E-state index in [1.54, 1.807) is 0 Å². The summed E-state index contributed by atoms with van der Waals surface area (Å²) < 4.78 is 0. The molecular weight excluding hydrogens is 262 g/mol. The van der Waals surface area contributed by atoms with Crippen LogP contribution in [0.2, 0.25) is 0 Å². The number of carbonyl (C=O) groups is 1. The van der Waals surface area contributed by atoms with Crippen molar-refractivity contribution in [3.05, 3.63) is 35.4 Å². The number of hydrogen-bond donors (Lipinski definition) is 2. The summed E-state index contributed by atoms with van der Waals surface area (Å²) in [6.45, 7) is 9.08. The molecule has 4 nitrogen and oxygen atoms in total. The third kappa shape index (κ3) is 4.83. The number of carbonyl (C=O) groups excluding carboxylic acids is 1. The van der Waals surface area contributed by atoms with Crippen molar-refractivity contribution in [2.75, 3.05) is 19.6 Å². The molecule has 1 atom stereocenters. The second kappa shape index (κ2) is 8.15. The van der Waals surface area contributed by atoms with Crippen molar-refractivity contribution in [3.63, 3.8) is 0 Å². The lowest BCUT2D eigenvalue weighted by Gasteiger charge is -2.18. The van der Waals surface area contributed by atoms with Gasteiger partial charge >= 0.3 is 0 Å². The topological polar surface area (TPSA) is 44.4 Å². The van der Waals surface area contributed by atoms with Gasteiger partial charge in [-0.15, -0.1) is 0 Å². The highest BCUT2D eigenvalue weighted by Crippen LogP contribution is 2.09. The summed E-state index contributed by atoms with van der Waals surface area (Å²) in [6.07, 6.45) is 2.05. The van der Waals surface area contributed by atoms with Crippen molar-refractivity contribution in [1.29, 1.82) is 0 Å². The van der Waals surface area contributed by atoms with Gasteiger partial charge in [-0.3, -0.25) is 9.69 Å². The highest BCUT2D eigenvalue weighted by molar-refractivity contribution is 5.81. The Kier molecular flexibility index (Phi) is 6.21. The normalized spacial score (nSPS) is 18.1. The minimum absolute atomic E-state index is 0.00643. The first-order valence-electron chi connectivity index (χ1n) is 8.04. The van der Waals surface area contributed by atoms with Crippen LogP contribution in [0.5, 0.6) is 0 Å². The third-order valence-corrected chi connectivity index (χ3v) is 4.17. The smallest absolute Gasteiger partial charge is 0.237 e. The molecule has 0 aliphatic carbocycles. The van der Waals surface area contributed by atoms with Crippen LogP contribution in [0, 0.1) is 0 Å². The van der Waals surface area contributed by atoms with E-state index in [9.17, 15) is 4.79 Å². The molecule has 2 rings (SSSR count). The van der Waals surface area contributed by atoms with Crippen LogP contribution in [0.15, 0.2) is 24.3 Å². The van der Waals surface area contributed by atoms with Gasteiger partial charge in [0.15, 0.2) is 0 Å². The summed E-state index contributed by atoms with van der Waals surface area (Å²) in [5, 5.41) is 6.23. The van der Waals surface area contributed by atoms with Gasteiger partial charge in [-0.25, -0.2) is 0 Å². The minimum Gasteiger partial charge on any atom is -0.351 e. The lowest BCUT2D eigenvalue weighted by atomic mass is 10.1. The Morgan fingerprint density at radius 3 is 2.48 bits per heavy atom. The average Bonchev–Trinajstić information content (AvgIpc) is 3.06. The van der Waals surface area contributed by atoms with E-state index in [0.717, 1.165) is 44.6 Å². The van der Waals surface area contributed by atoms with Crippen LogP contribution >= 0.6 is 0 Å². The fraction of sp³-hybridized carbons (Fsp3) is 0.588. The van der Waals surface area contributed by atoms with Crippen molar-refractivity contribution >= 4 is 5.91 Å². The van der Waals surface area contributed by atoms with Crippen molar-refractivity contribution in [3.8, 4) is 0 Å². The van der Waals surface area contributed by atoms with E-state index < -0.39 is 0 Å². The minimum atomic E-state index is 0.00643. The van der Waals surface area contributed by atoms with Gasteiger partial charge in [0.25, 0.3) is 0 Å². The van der Waals surface area contributed by atoms with Crippen LogP contribution in [0.3, 0.4) is 0 Å². The summed E-state index contributed by atoms with van der Waals surface area (Å²) in [5.41, 5.74) is 2.48. The van der Waals surface area contributed by atoms with Crippen LogP contribution in [0.1, 0.15) is 37.8 Å². The molecule has 0 radical (unpaired) electrons. The Bertz CT molecular complexity index is 434. The molecule has 4 heteroatoms. The first-order valence-corrected chi connectivity index (χ1v) is 8.04. The Hall–Kier alpha value is -1.39. The van der Waals surface area contributed by atoms with Crippen LogP contribution in [0.25, 0.3) is 0 Å². The highest BCUT2D eigenvalue weighted by Gasteiger charge is 2.21. The van der Waals surface area contributed by atoms with E-state index >= 15 is 0 Å². The number of nitrogens with zero attached hydrogens (tertiary/aromatic N) is 1. The zero-order valence-corrected chi connectivity index (χ0v) is 13.2. The standard InChI is InChI=1S/C17H27N3O/c1-3-20(4-2)13-15-9-7-14(8-10-15)12-19-17(21)16-6-5-11-18-16/h7-10,16,18H,3-6,11-13H2,1-2H3,(H,19,21)/t16-/m0/s1. The molecule has 1 aliphatic heterocycles.